The molecule has 7 nitrogen and oxygen atoms in total. The van der Waals surface area contributed by atoms with E-state index >= 15 is 0 Å². The molecule has 2 amide bonds. The Morgan fingerprint density at radius 2 is 1.26 bits per heavy atom. The van der Waals surface area contributed by atoms with Crippen LogP contribution in [0.15, 0.2) is 48.5 Å². The van der Waals surface area contributed by atoms with Crippen LogP contribution >= 0.6 is 11.6 Å². The van der Waals surface area contributed by atoms with Crippen molar-refractivity contribution in [1.82, 2.24) is 10.6 Å². The molecule has 31 heavy (non-hydrogen) atoms. The number of carbonyl (C=O) groups is 2. The van der Waals surface area contributed by atoms with Crippen molar-refractivity contribution in [2.75, 3.05) is 13.2 Å². The lowest BCUT2D eigenvalue weighted by atomic mass is 9.91. The molecule has 0 aliphatic heterocycles. The zero-order valence-electron chi connectivity index (χ0n) is 17.0. The summed E-state index contributed by atoms with van der Waals surface area (Å²) in [6.07, 6.45) is 3.14. The zero-order chi connectivity index (χ0) is 22.1. The lowest BCUT2D eigenvalue weighted by Gasteiger charge is -2.29. The summed E-state index contributed by atoms with van der Waals surface area (Å²) in [5, 5.41) is 15.4. The van der Waals surface area contributed by atoms with Crippen LogP contribution in [0.3, 0.4) is 0 Å². The molecular weight excluding hydrogens is 418 g/mol. The molecule has 8 heteroatoms. The molecule has 1 saturated carbocycles. The molecule has 1 aliphatic carbocycles. The fraction of sp³-hybridized carbons (Fsp3) is 0.348. The first kappa shape index (κ1) is 22.4. The van der Waals surface area contributed by atoms with Crippen LogP contribution in [0.1, 0.15) is 31.2 Å². The molecule has 0 saturated heterocycles. The molecule has 0 heterocycles. The summed E-state index contributed by atoms with van der Waals surface area (Å²) in [5.41, 5.74) is 0.539. The lowest BCUT2D eigenvalue weighted by Crippen LogP contribution is -2.45. The van der Waals surface area contributed by atoms with Gasteiger partial charge in [0.1, 0.15) is 11.5 Å². The molecule has 0 radical (unpaired) electrons. The number of nitrogens with zero attached hydrogens (tertiary/aromatic N) is 1. The number of halogens is 1. The topological polar surface area (TPSA) is 100 Å². The van der Waals surface area contributed by atoms with Crippen LogP contribution in [0.25, 0.3) is 0 Å². The molecule has 0 unspecified atom stereocenters. The standard InChI is InChI=1S/C23H24ClN3O4/c24-17-3-11-21(12-4-17)31-15-23(29)27-19-7-5-18(6-8-19)26-22(28)14-30-20-9-1-16(13-25)2-10-20/h1-4,9-12,18-19H,5-8,14-15H2,(H,26,28)(H,27,29). The minimum absolute atomic E-state index is 0.0506. The average Bonchev–Trinajstić information content (AvgIpc) is 2.79. The minimum atomic E-state index is -0.187. The summed E-state index contributed by atoms with van der Waals surface area (Å²) in [5.74, 6) is 0.780. The van der Waals surface area contributed by atoms with E-state index in [1.165, 1.54) is 0 Å². The molecule has 2 aromatic rings. The fourth-order valence-corrected chi connectivity index (χ4v) is 3.50. The predicted molar refractivity (Wildman–Crippen MR) is 116 cm³/mol. The Morgan fingerprint density at radius 1 is 0.839 bits per heavy atom. The maximum Gasteiger partial charge on any atom is 0.258 e. The second kappa shape index (κ2) is 11.2. The minimum Gasteiger partial charge on any atom is -0.484 e. The molecule has 2 aromatic carbocycles. The van der Waals surface area contributed by atoms with Gasteiger partial charge in [-0.25, -0.2) is 0 Å². The monoisotopic (exact) mass is 441 g/mol. The molecule has 3 rings (SSSR count). The van der Waals surface area contributed by atoms with Crippen molar-refractivity contribution in [3.63, 3.8) is 0 Å². The Bertz CT molecular complexity index is 917. The Balaban J connectivity index is 1.31. The summed E-state index contributed by atoms with van der Waals surface area (Å²) in [4.78, 5) is 24.2. The van der Waals surface area contributed by atoms with Crippen LogP contribution in [0, 0.1) is 11.3 Å². The van der Waals surface area contributed by atoms with Gasteiger partial charge in [0.15, 0.2) is 13.2 Å². The lowest BCUT2D eigenvalue weighted by molar-refractivity contribution is -0.125. The smallest absolute Gasteiger partial charge is 0.258 e. The van der Waals surface area contributed by atoms with Crippen LogP contribution in [0.5, 0.6) is 11.5 Å². The first-order chi connectivity index (χ1) is 15.0. The van der Waals surface area contributed by atoms with Crippen molar-refractivity contribution in [3.8, 4) is 17.6 Å². The van der Waals surface area contributed by atoms with E-state index in [0.717, 1.165) is 25.7 Å². The highest BCUT2D eigenvalue weighted by Gasteiger charge is 2.23. The van der Waals surface area contributed by atoms with Crippen molar-refractivity contribution in [2.45, 2.75) is 37.8 Å². The Labute approximate surface area is 186 Å². The highest BCUT2D eigenvalue weighted by atomic mass is 35.5. The van der Waals surface area contributed by atoms with E-state index in [1.54, 1.807) is 48.5 Å². The van der Waals surface area contributed by atoms with Gasteiger partial charge in [-0.15, -0.1) is 0 Å². The molecule has 1 aliphatic rings. The van der Waals surface area contributed by atoms with Gasteiger partial charge in [-0.05, 0) is 74.2 Å². The number of nitriles is 1. The normalized spacial score (nSPS) is 17.8. The Morgan fingerprint density at radius 3 is 1.68 bits per heavy atom. The van der Waals surface area contributed by atoms with Gasteiger partial charge in [0.25, 0.3) is 11.8 Å². The molecule has 0 spiro atoms. The van der Waals surface area contributed by atoms with E-state index in [4.69, 9.17) is 26.3 Å². The zero-order valence-corrected chi connectivity index (χ0v) is 17.7. The molecule has 2 N–H and O–H groups in total. The molecule has 0 atom stereocenters. The summed E-state index contributed by atoms with van der Waals surface area (Å²) >= 11 is 5.82. The summed E-state index contributed by atoms with van der Waals surface area (Å²) in [6.45, 7) is -0.129. The molecule has 1 fully saturated rings. The Kier molecular flexibility index (Phi) is 8.13. The largest absolute Gasteiger partial charge is 0.484 e. The first-order valence-corrected chi connectivity index (χ1v) is 10.5. The van der Waals surface area contributed by atoms with E-state index in [9.17, 15) is 9.59 Å². The molecule has 0 aromatic heterocycles. The van der Waals surface area contributed by atoms with Crippen LogP contribution in [-0.4, -0.2) is 37.1 Å². The highest BCUT2D eigenvalue weighted by Crippen LogP contribution is 2.19. The predicted octanol–water partition coefficient (Wildman–Crippen LogP) is 3.21. The van der Waals surface area contributed by atoms with Gasteiger partial charge in [-0.1, -0.05) is 11.6 Å². The van der Waals surface area contributed by atoms with Gasteiger partial charge in [0.05, 0.1) is 11.6 Å². The number of amides is 2. The van der Waals surface area contributed by atoms with Crippen molar-refractivity contribution in [3.05, 3.63) is 59.1 Å². The van der Waals surface area contributed by atoms with E-state index < -0.39 is 0 Å². The Hall–Kier alpha value is -3.24. The van der Waals surface area contributed by atoms with Crippen molar-refractivity contribution < 1.29 is 19.1 Å². The van der Waals surface area contributed by atoms with Crippen LogP contribution < -0.4 is 20.1 Å². The number of hydrogen-bond donors (Lipinski definition) is 2. The van der Waals surface area contributed by atoms with Gasteiger partial charge >= 0.3 is 0 Å². The first-order valence-electron chi connectivity index (χ1n) is 10.1. The summed E-state index contributed by atoms with van der Waals surface area (Å²) in [6, 6.07) is 15.6. The number of benzene rings is 2. The van der Waals surface area contributed by atoms with E-state index in [-0.39, 0.29) is 37.1 Å². The van der Waals surface area contributed by atoms with Crippen LogP contribution in [-0.2, 0) is 9.59 Å². The quantitative estimate of drug-likeness (QED) is 0.655. The molecule has 162 valence electrons. The van der Waals surface area contributed by atoms with Crippen LogP contribution in [0.4, 0.5) is 0 Å². The summed E-state index contributed by atoms with van der Waals surface area (Å²) < 4.78 is 10.9. The van der Waals surface area contributed by atoms with E-state index in [0.29, 0.717) is 22.1 Å². The van der Waals surface area contributed by atoms with Gasteiger partial charge in [0.2, 0.25) is 0 Å². The third kappa shape index (κ3) is 7.50. The van der Waals surface area contributed by atoms with Gasteiger partial charge in [0, 0.05) is 17.1 Å². The number of carbonyl (C=O) groups excluding carboxylic acids is 2. The molecule has 0 bridgehead atoms. The SMILES string of the molecule is N#Cc1ccc(OCC(=O)NC2CCC(NC(=O)COc3ccc(Cl)cc3)CC2)cc1. The highest BCUT2D eigenvalue weighted by molar-refractivity contribution is 6.30. The maximum absolute atomic E-state index is 12.1. The number of hydrogen-bond acceptors (Lipinski definition) is 5. The summed E-state index contributed by atoms with van der Waals surface area (Å²) in [7, 11) is 0. The number of ether oxygens (including phenoxy) is 2. The van der Waals surface area contributed by atoms with Crippen molar-refractivity contribution in [1.29, 1.82) is 5.26 Å². The third-order valence-corrected chi connectivity index (χ3v) is 5.25. The van der Waals surface area contributed by atoms with Gasteiger partial charge in [-0.2, -0.15) is 5.26 Å². The van der Waals surface area contributed by atoms with Crippen LogP contribution in [0.2, 0.25) is 5.02 Å². The third-order valence-electron chi connectivity index (χ3n) is 4.99. The molecular formula is C23H24ClN3O4. The average molecular weight is 442 g/mol. The van der Waals surface area contributed by atoms with E-state index in [2.05, 4.69) is 10.6 Å². The second-order valence-electron chi connectivity index (χ2n) is 7.35. The van der Waals surface area contributed by atoms with Gasteiger partial charge < -0.3 is 20.1 Å². The van der Waals surface area contributed by atoms with Gasteiger partial charge in [-0.3, -0.25) is 9.59 Å². The maximum atomic E-state index is 12.1. The van der Waals surface area contributed by atoms with E-state index in [1.807, 2.05) is 6.07 Å². The number of nitrogens with one attached hydrogen (secondary N) is 2. The fourth-order valence-electron chi connectivity index (χ4n) is 3.38. The number of rotatable bonds is 8. The second-order valence-corrected chi connectivity index (χ2v) is 7.79. The van der Waals surface area contributed by atoms with Crippen molar-refractivity contribution >= 4 is 23.4 Å². The van der Waals surface area contributed by atoms with Crippen molar-refractivity contribution in [2.24, 2.45) is 0 Å².